The molecule has 3 aromatic rings. The number of benzene rings is 1. The Morgan fingerprint density at radius 1 is 1.09 bits per heavy atom. The van der Waals surface area contributed by atoms with Crippen molar-refractivity contribution in [3.8, 4) is 11.5 Å². The van der Waals surface area contributed by atoms with Crippen LogP contribution in [0.5, 0.6) is 11.5 Å². The zero-order chi connectivity index (χ0) is 23.1. The van der Waals surface area contributed by atoms with Gasteiger partial charge in [0.25, 0.3) is 5.91 Å². The van der Waals surface area contributed by atoms with Crippen molar-refractivity contribution in [1.82, 2.24) is 15.3 Å². The predicted octanol–water partition coefficient (Wildman–Crippen LogP) is 3.66. The van der Waals surface area contributed by atoms with E-state index in [1.165, 1.54) is 6.07 Å². The Morgan fingerprint density at radius 3 is 2.47 bits per heavy atom. The Hall–Kier alpha value is -2.93. The summed E-state index contributed by atoms with van der Waals surface area (Å²) in [7, 11) is -2.91. The van der Waals surface area contributed by atoms with Gasteiger partial charge in [-0.2, -0.15) is 23.8 Å². The van der Waals surface area contributed by atoms with Gasteiger partial charge in [-0.05, 0) is 36.4 Å². The number of hydrogen-bond donors (Lipinski definition) is 4. The lowest BCUT2D eigenvalue weighted by molar-refractivity contribution is -0.141. The number of ether oxygens (including phenoxy) is 1. The number of alkyl halides is 3. The number of fused-ring (bicyclic) bond motifs is 1. The molecule has 1 fully saturated rings. The summed E-state index contributed by atoms with van der Waals surface area (Å²) in [5.41, 5.74) is -0.478. The molecule has 2 atom stereocenters. The molecule has 0 bridgehead atoms. The van der Waals surface area contributed by atoms with Crippen LogP contribution in [0.4, 0.5) is 13.2 Å². The molecule has 1 aliphatic heterocycles. The fourth-order valence-electron chi connectivity index (χ4n) is 3.27. The monoisotopic (exact) mass is 469 g/mol. The number of halogens is 3. The molecule has 0 spiro atoms. The maximum absolute atomic E-state index is 12.6. The van der Waals surface area contributed by atoms with E-state index in [0.717, 1.165) is 18.3 Å². The molecule has 4 N–H and O–H groups in total. The van der Waals surface area contributed by atoms with Crippen molar-refractivity contribution in [2.45, 2.75) is 18.3 Å². The van der Waals surface area contributed by atoms with Gasteiger partial charge < -0.3 is 15.2 Å². The average Bonchev–Trinajstić information content (AvgIpc) is 2.98. The van der Waals surface area contributed by atoms with Crippen molar-refractivity contribution < 1.29 is 36.9 Å². The number of rotatable bonds is 4. The Labute approximate surface area is 181 Å². The average molecular weight is 469 g/mol. The van der Waals surface area contributed by atoms with Crippen molar-refractivity contribution in [2.75, 3.05) is 11.5 Å². The van der Waals surface area contributed by atoms with Crippen LogP contribution >= 0.6 is 10.6 Å². The number of aliphatic hydroxyl groups excluding tert-OH is 1. The molecular weight excluding hydrogens is 451 g/mol. The lowest BCUT2D eigenvalue weighted by atomic mass is 10.1. The number of pyridine rings is 2. The molecule has 0 unspecified atom stereocenters. The Morgan fingerprint density at radius 2 is 1.84 bits per heavy atom. The topological polar surface area (TPSA) is 125 Å². The third kappa shape index (κ3) is 4.93. The summed E-state index contributed by atoms with van der Waals surface area (Å²) < 4.78 is 62.7. The highest BCUT2D eigenvalue weighted by atomic mass is 32.3. The van der Waals surface area contributed by atoms with Gasteiger partial charge in [0.15, 0.2) is 0 Å². The van der Waals surface area contributed by atoms with Crippen LogP contribution in [0.15, 0.2) is 48.7 Å². The van der Waals surface area contributed by atoms with Crippen molar-refractivity contribution in [3.05, 3.63) is 60.0 Å². The molecule has 3 heterocycles. The van der Waals surface area contributed by atoms with Crippen molar-refractivity contribution >= 4 is 27.4 Å². The molecule has 1 saturated heterocycles. The lowest BCUT2D eigenvalue weighted by Gasteiger charge is -2.25. The van der Waals surface area contributed by atoms with E-state index in [9.17, 15) is 32.2 Å². The van der Waals surface area contributed by atoms with E-state index in [4.69, 9.17) is 4.74 Å². The summed E-state index contributed by atoms with van der Waals surface area (Å²) in [6.07, 6.45) is -4.61. The van der Waals surface area contributed by atoms with E-state index < -0.39 is 40.5 Å². The SMILES string of the molecule is O=C(N[C@H]1CS(O)(O)C[C@H]1O)c1ccc2cc(Oc3ccc(C(F)(F)F)nc3)ccc2n1. The summed E-state index contributed by atoms with van der Waals surface area (Å²) in [6, 6.07) is 9.02. The fourth-order valence-corrected chi connectivity index (χ4v) is 5.07. The first kappa shape index (κ1) is 22.3. The van der Waals surface area contributed by atoms with E-state index in [2.05, 4.69) is 15.3 Å². The van der Waals surface area contributed by atoms with Crippen LogP contribution in [0.2, 0.25) is 0 Å². The number of amides is 1. The first-order valence-corrected chi connectivity index (χ1v) is 11.2. The van der Waals surface area contributed by atoms with Crippen LogP contribution in [0.3, 0.4) is 0 Å². The van der Waals surface area contributed by atoms with E-state index in [-0.39, 0.29) is 22.9 Å². The molecule has 12 heteroatoms. The van der Waals surface area contributed by atoms with Crippen LogP contribution < -0.4 is 10.1 Å². The molecule has 8 nitrogen and oxygen atoms in total. The standard InChI is InChI=1S/C20H18F3N3O5S/c21-20(22,23)18-6-3-13(8-24-18)31-12-2-5-14-11(7-12)1-4-15(25-14)19(28)26-16-9-32(29,30)10-17(16)27/h1-8,16-17,27,29-30H,9-10H2,(H,26,28)/t16-,17+/m0/s1. The van der Waals surface area contributed by atoms with Crippen LogP contribution in [-0.4, -0.2) is 53.7 Å². The quantitative estimate of drug-likeness (QED) is 0.460. The smallest absolute Gasteiger partial charge is 0.433 e. The molecule has 4 rings (SSSR count). The van der Waals surface area contributed by atoms with E-state index >= 15 is 0 Å². The highest BCUT2D eigenvalue weighted by Crippen LogP contribution is 2.45. The minimum atomic E-state index is -4.53. The van der Waals surface area contributed by atoms with Gasteiger partial charge in [0, 0.05) is 5.39 Å². The van der Waals surface area contributed by atoms with Gasteiger partial charge in [0.05, 0.1) is 35.4 Å². The van der Waals surface area contributed by atoms with Gasteiger partial charge in [0.2, 0.25) is 0 Å². The number of carbonyl (C=O) groups is 1. The van der Waals surface area contributed by atoms with Gasteiger partial charge in [-0.25, -0.2) is 9.97 Å². The second-order valence-corrected chi connectivity index (χ2v) is 9.58. The third-order valence-corrected chi connectivity index (χ3v) is 6.59. The van der Waals surface area contributed by atoms with E-state index in [1.807, 2.05) is 0 Å². The maximum Gasteiger partial charge on any atom is 0.433 e. The fraction of sp³-hybridized carbons (Fsp3) is 0.250. The van der Waals surface area contributed by atoms with E-state index in [1.54, 1.807) is 24.3 Å². The number of aromatic nitrogens is 2. The Kier molecular flexibility index (Phi) is 5.71. The first-order valence-electron chi connectivity index (χ1n) is 9.35. The van der Waals surface area contributed by atoms with Crippen LogP contribution in [0.25, 0.3) is 10.9 Å². The lowest BCUT2D eigenvalue weighted by Crippen LogP contribution is -2.42. The Balaban J connectivity index is 1.47. The summed E-state index contributed by atoms with van der Waals surface area (Å²) in [5, 5.41) is 13.1. The summed E-state index contributed by atoms with van der Waals surface area (Å²) >= 11 is 0. The molecule has 0 radical (unpaired) electrons. The van der Waals surface area contributed by atoms with Gasteiger partial charge >= 0.3 is 6.18 Å². The maximum atomic E-state index is 12.6. The minimum absolute atomic E-state index is 0.0775. The molecule has 1 aliphatic rings. The summed E-state index contributed by atoms with van der Waals surface area (Å²) in [5.74, 6) is -0.392. The number of carbonyl (C=O) groups excluding carboxylic acids is 1. The molecule has 0 aliphatic carbocycles. The molecule has 32 heavy (non-hydrogen) atoms. The van der Waals surface area contributed by atoms with Gasteiger partial charge in [0.1, 0.15) is 22.9 Å². The van der Waals surface area contributed by atoms with Crippen LogP contribution in [0.1, 0.15) is 16.2 Å². The second-order valence-electron chi connectivity index (χ2n) is 7.31. The molecule has 170 valence electrons. The summed E-state index contributed by atoms with van der Waals surface area (Å²) in [6.45, 7) is 0. The normalized spacial score (nSPS) is 21.3. The molecule has 2 aromatic heterocycles. The first-order chi connectivity index (χ1) is 15.0. The largest absolute Gasteiger partial charge is 0.456 e. The van der Waals surface area contributed by atoms with E-state index in [0.29, 0.717) is 16.7 Å². The minimum Gasteiger partial charge on any atom is -0.456 e. The molecule has 1 aromatic carbocycles. The van der Waals surface area contributed by atoms with Crippen molar-refractivity contribution in [3.63, 3.8) is 0 Å². The number of nitrogens with one attached hydrogen (secondary N) is 1. The zero-order valence-electron chi connectivity index (χ0n) is 16.3. The molecule has 1 amide bonds. The van der Waals surface area contributed by atoms with Gasteiger partial charge in [-0.1, -0.05) is 6.07 Å². The molecule has 0 saturated carbocycles. The number of nitrogens with zero attached hydrogens (tertiary/aromatic N) is 2. The van der Waals surface area contributed by atoms with Crippen molar-refractivity contribution in [2.24, 2.45) is 0 Å². The zero-order valence-corrected chi connectivity index (χ0v) is 17.1. The second kappa shape index (κ2) is 8.20. The third-order valence-electron chi connectivity index (χ3n) is 4.82. The molecular formula is C20H18F3N3O5S. The number of hydrogen-bond acceptors (Lipinski definition) is 7. The predicted molar refractivity (Wildman–Crippen MR) is 111 cm³/mol. The van der Waals surface area contributed by atoms with Gasteiger partial charge in [-0.15, -0.1) is 0 Å². The van der Waals surface area contributed by atoms with Crippen molar-refractivity contribution in [1.29, 1.82) is 0 Å². The Bertz CT molecular complexity index is 1160. The summed E-state index contributed by atoms with van der Waals surface area (Å²) in [4.78, 5) is 20.1. The highest BCUT2D eigenvalue weighted by molar-refractivity contribution is 8.24. The highest BCUT2D eigenvalue weighted by Gasteiger charge is 2.37. The van der Waals surface area contributed by atoms with Crippen LogP contribution in [0, 0.1) is 0 Å². The van der Waals surface area contributed by atoms with Gasteiger partial charge in [-0.3, -0.25) is 13.9 Å². The van der Waals surface area contributed by atoms with Crippen LogP contribution in [-0.2, 0) is 6.18 Å². The number of aliphatic hydroxyl groups is 1.